The molecule has 3 nitrogen and oxygen atoms in total. The van der Waals surface area contributed by atoms with E-state index < -0.39 is 35.2 Å². The largest absolute Gasteiger partial charge is 0.481 e. The van der Waals surface area contributed by atoms with Crippen LogP contribution in [0.15, 0.2) is 6.07 Å². The number of hydrogen-bond donors (Lipinski definition) is 2. The Morgan fingerprint density at radius 1 is 1.24 bits per heavy atom. The predicted molar refractivity (Wildman–Crippen MR) is 68.6 cm³/mol. The third kappa shape index (κ3) is 4.42. The van der Waals surface area contributed by atoms with E-state index in [2.05, 4.69) is 0 Å². The first-order chi connectivity index (χ1) is 9.77. The quantitative estimate of drug-likeness (QED) is 0.462. The number of nitrogens with two attached hydrogens (primary N) is 1. The van der Waals surface area contributed by atoms with Gasteiger partial charge in [0.1, 0.15) is 0 Å². The summed E-state index contributed by atoms with van der Waals surface area (Å²) in [5.41, 5.74) is 5.06. The zero-order valence-corrected chi connectivity index (χ0v) is 11.5. The molecule has 0 spiro atoms. The lowest BCUT2D eigenvalue weighted by atomic mass is 9.91. The van der Waals surface area contributed by atoms with Crippen LogP contribution < -0.4 is 5.73 Å². The highest BCUT2D eigenvalue weighted by molar-refractivity contribution is 5.70. The highest BCUT2D eigenvalue weighted by Crippen LogP contribution is 2.23. The molecule has 118 valence electrons. The van der Waals surface area contributed by atoms with Crippen LogP contribution >= 0.6 is 0 Å². The Kier molecular flexibility index (Phi) is 6.14. The van der Waals surface area contributed by atoms with Crippen molar-refractivity contribution in [1.29, 1.82) is 0 Å². The van der Waals surface area contributed by atoms with Crippen LogP contribution in [0.4, 0.5) is 17.6 Å². The van der Waals surface area contributed by atoms with Crippen LogP contribution in [0.2, 0.25) is 0 Å². The van der Waals surface area contributed by atoms with Crippen molar-refractivity contribution in [1.82, 2.24) is 0 Å². The van der Waals surface area contributed by atoms with Crippen molar-refractivity contribution in [3.05, 3.63) is 34.9 Å². The molecule has 0 aliphatic carbocycles. The van der Waals surface area contributed by atoms with Gasteiger partial charge in [0.15, 0.2) is 23.3 Å². The molecular weight excluding hydrogens is 290 g/mol. The molecule has 0 amide bonds. The predicted octanol–water partition coefficient (Wildman–Crippen LogP) is 2.86. The minimum absolute atomic E-state index is 0.0158. The van der Waals surface area contributed by atoms with E-state index in [1.165, 1.54) is 0 Å². The molecule has 21 heavy (non-hydrogen) atoms. The van der Waals surface area contributed by atoms with Gasteiger partial charge in [0.2, 0.25) is 0 Å². The van der Waals surface area contributed by atoms with Crippen molar-refractivity contribution in [2.24, 2.45) is 17.6 Å². The molecule has 3 N–H and O–H groups in total. The summed E-state index contributed by atoms with van der Waals surface area (Å²) in [5.74, 6) is -8.39. The highest BCUT2D eigenvalue weighted by atomic mass is 19.2. The fourth-order valence-corrected chi connectivity index (χ4v) is 2.11. The van der Waals surface area contributed by atoms with Crippen molar-refractivity contribution in [2.45, 2.75) is 26.2 Å². The van der Waals surface area contributed by atoms with E-state index in [-0.39, 0.29) is 30.9 Å². The number of carboxylic acids is 1. The fraction of sp³-hybridized carbons (Fsp3) is 0.500. The number of carboxylic acid groups (broad SMARTS) is 1. The first-order valence-corrected chi connectivity index (χ1v) is 6.52. The average Bonchev–Trinajstić information content (AvgIpc) is 2.44. The SMILES string of the molecule is CC(CCc1cc(F)c(F)c(F)c1F)CC(CN)C(=O)O. The van der Waals surface area contributed by atoms with E-state index in [0.29, 0.717) is 12.5 Å². The van der Waals surface area contributed by atoms with Crippen LogP contribution in [0, 0.1) is 35.1 Å². The molecule has 2 atom stereocenters. The molecule has 0 saturated heterocycles. The highest BCUT2D eigenvalue weighted by Gasteiger charge is 2.21. The van der Waals surface area contributed by atoms with E-state index in [4.69, 9.17) is 10.8 Å². The molecule has 0 saturated carbocycles. The van der Waals surface area contributed by atoms with E-state index in [1.807, 2.05) is 0 Å². The van der Waals surface area contributed by atoms with E-state index in [1.54, 1.807) is 6.92 Å². The van der Waals surface area contributed by atoms with Gasteiger partial charge in [-0.3, -0.25) is 4.79 Å². The zero-order chi connectivity index (χ0) is 16.2. The van der Waals surface area contributed by atoms with Gasteiger partial charge in [-0.25, -0.2) is 17.6 Å². The Bertz CT molecular complexity index is 522. The number of hydrogen-bond acceptors (Lipinski definition) is 2. The summed E-state index contributed by atoms with van der Waals surface area (Å²) in [5, 5.41) is 8.87. The number of rotatable bonds is 7. The monoisotopic (exact) mass is 307 g/mol. The number of benzene rings is 1. The second-order valence-electron chi connectivity index (χ2n) is 5.11. The van der Waals surface area contributed by atoms with Gasteiger partial charge in [0, 0.05) is 6.54 Å². The maximum absolute atomic E-state index is 13.5. The lowest BCUT2D eigenvalue weighted by Crippen LogP contribution is -2.25. The lowest BCUT2D eigenvalue weighted by molar-refractivity contribution is -0.141. The summed E-state index contributed by atoms with van der Waals surface area (Å²) < 4.78 is 52.4. The minimum Gasteiger partial charge on any atom is -0.481 e. The normalized spacial score (nSPS) is 14.0. The van der Waals surface area contributed by atoms with Gasteiger partial charge >= 0.3 is 5.97 Å². The van der Waals surface area contributed by atoms with Gasteiger partial charge < -0.3 is 10.8 Å². The maximum atomic E-state index is 13.5. The Labute approximate surface area is 119 Å². The molecule has 1 aromatic carbocycles. The number of aliphatic carboxylic acids is 1. The van der Waals surface area contributed by atoms with Crippen molar-refractivity contribution in [3.8, 4) is 0 Å². The molecule has 1 aromatic rings. The minimum atomic E-state index is -1.83. The second-order valence-corrected chi connectivity index (χ2v) is 5.11. The van der Waals surface area contributed by atoms with Gasteiger partial charge in [-0.1, -0.05) is 6.92 Å². The Morgan fingerprint density at radius 2 is 1.86 bits per heavy atom. The summed E-state index contributed by atoms with van der Waals surface area (Å²) in [4.78, 5) is 10.8. The third-order valence-electron chi connectivity index (χ3n) is 3.41. The van der Waals surface area contributed by atoms with Crippen molar-refractivity contribution in [3.63, 3.8) is 0 Å². The molecular formula is C14H17F4NO2. The molecule has 0 heterocycles. The molecule has 0 radical (unpaired) electrons. The van der Waals surface area contributed by atoms with Crippen LogP contribution in [0.1, 0.15) is 25.3 Å². The standard InChI is InChI=1S/C14H17F4NO2/c1-7(4-9(6-19)14(20)21)2-3-8-5-10(15)12(17)13(18)11(8)16/h5,7,9H,2-4,6,19H2,1H3,(H,20,21). The molecule has 1 rings (SSSR count). The van der Waals surface area contributed by atoms with E-state index in [9.17, 15) is 22.4 Å². The van der Waals surface area contributed by atoms with Crippen LogP contribution in [-0.4, -0.2) is 17.6 Å². The fourth-order valence-electron chi connectivity index (χ4n) is 2.11. The second kappa shape index (κ2) is 7.40. The molecule has 7 heteroatoms. The maximum Gasteiger partial charge on any atom is 0.307 e. The summed E-state index contributed by atoms with van der Waals surface area (Å²) in [6, 6.07) is 0.623. The molecule has 0 fully saturated rings. The molecule has 0 aliphatic heterocycles. The van der Waals surface area contributed by atoms with E-state index in [0.717, 1.165) is 0 Å². The van der Waals surface area contributed by atoms with Gasteiger partial charge in [0.05, 0.1) is 5.92 Å². The van der Waals surface area contributed by atoms with Crippen LogP contribution in [-0.2, 0) is 11.2 Å². The number of carbonyl (C=O) groups is 1. The summed E-state index contributed by atoms with van der Waals surface area (Å²) in [7, 11) is 0. The third-order valence-corrected chi connectivity index (χ3v) is 3.41. The zero-order valence-electron chi connectivity index (χ0n) is 11.5. The van der Waals surface area contributed by atoms with Crippen molar-refractivity contribution >= 4 is 5.97 Å². The average molecular weight is 307 g/mol. The Hall–Kier alpha value is -1.63. The molecule has 0 aromatic heterocycles. The van der Waals surface area contributed by atoms with Gasteiger partial charge in [-0.05, 0) is 36.8 Å². The molecule has 0 aliphatic rings. The Morgan fingerprint density at radius 3 is 2.38 bits per heavy atom. The van der Waals surface area contributed by atoms with Crippen LogP contribution in [0.5, 0.6) is 0 Å². The van der Waals surface area contributed by atoms with Crippen LogP contribution in [0.25, 0.3) is 0 Å². The Balaban J connectivity index is 2.69. The van der Waals surface area contributed by atoms with Crippen molar-refractivity contribution < 1.29 is 27.5 Å². The lowest BCUT2D eigenvalue weighted by Gasteiger charge is -2.16. The first kappa shape index (κ1) is 17.4. The number of aryl methyl sites for hydroxylation is 1. The number of halogens is 4. The van der Waals surface area contributed by atoms with Gasteiger partial charge in [-0.2, -0.15) is 0 Å². The van der Waals surface area contributed by atoms with Gasteiger partial charge in [0.25, 0.3) is 0 Å². The molecule has 0 bridgehead atoms. The summed E-state index contributed by atoms with van der Waals surface area (Å²) >= 11 is 0. The van der Waals surface area contributed by atoms with Crippen LogP contribution in [0.3, 0.4) is 0 Å². The smallest absolute Gasteiger partial charge is 0.307 e. The van der Waals surface area contributed by atoms with Gasteiger partial charge in [-0.15, -0.1) is 0 Å². The summed E-state index contributed by atoms with van der Waals surface area (Å²) in [6.45, 7) is 1.72. The molecule has 2 unspecified atom stereocenters. The topological polar surface area (TPSA) is 63.3 Å². The van der Waals surface area contributed by atoms with Crippen molar-refractivity contribution in [2.75, 3.05) is 6.54 Å². The van der Waals surface area contributed by atoms with E-state index >= 15 is 0 Å². The summed E-state index contributed by atoms with van der Waals surface area (Å²) in [6.07, 6.45) is 0.572. The first-order valence-electron chi connectivity index (χ1n) is 6.52.